The van der Waals surface area contributed by atoms with Crippen LogP contribution in [0.3, 0.4) is 0 Å². The van der Waals surface area contributed by atoms with Gasteiger partial charge < -0.3 is 24.8 Å². The summed E-state index contributed by atoms with van der Waals surface area (Å²) < 4.78 is 17.0. The Morgan fingerprint density at radius 2 is 1.89 bits per heavy atom. The molecule has 0 amide bonds. The number of hydrogen-bond donors (Lipinski definition) is 2. The molecule has 0 aliphatic carbocycles. The fourth-order valence-corrected chi connectivity index (χ4v) is 2.70. The lowest BCUT2D eigenvalue weighted by Gasteiger charge is -2.14. The van der Waals surface area contributed by atoms with Gasteiger partial charge in [-0.2, -0.15) is 0 Å². The molecular formula is C20H24ClN3O3. The van der Waals surface area contributed by atoms with Crippen molar-refractivity contribution in [2.24, 2.45) is 4.99 Å². The van der Waals surface area contributed by atoms with Gasteiger partial charge in [-0.25, -0.2) is 0 Å². The molecule has 7 heteroatoms. The number of halogens is 1. The molecule has 0 saturated carbocycles. The molecule has 1 aliphatic heterocycles. The zero-order chi connectivity index (χ0) is 18.9. The molecule has 3 rings (SSSR count). The highest BCUT2D eigenvalue weighted by atomic mass is 35.5. The molecule has 0 saturated heterocycles. The van der Waals surface area contributed by atoms with Crippen LogP contribution in [0.1, 0.15) is 12.0 Å². The molecule has 1 heterocycles. The standard InChI is InChI=1S/C20H24ClN3O3/c1-22-20(23-9-12-25-14-15-3-5-16(21)6-4-15)24-17-7-8-18-19(13-17)27-11-2-10-26-18/h3-8,13H,2,9-12,14H2,1H3,(H2,22,23,24). The first kappa shape index (κ1) is 19.3. The Labute approximate surface area is 164 Å². The maximum Gasteiger partial charge on any atom is 0.195 e. The summed E-state index contributed by atoms with van der Waals surface area (Å²) in [5.41, 5.74) is 1.98. The molecule has 0 aromatic heterocycles. The summed E-state index contributed by atoms with van der Waals surface area (Å²) in [4.78, 5) is 4.23. The van der Waals surface area contributed by atoms with Crippen molar-refractivity contribution in [3.05, 3.63) is 53.1 Å². The van der Waals surface area contributed by atoms with E-state index in [2.05, 4.69) is 15.6 Å². The van der Waals surface area contributed by atoms with E-state index < -0.39 is 0 Å². The van der Waals surface area contributed by atoms with Gasteiger partial charge in [0.25, 0.3) is 0 Å². The van der Waals surface area contributed by atoms with Gasteiger partial charge in [-0.15, -0.1) is 0 Å². The Hall–Kier alpha value is -2.44. The topological polar surface area (TPSA) is 64.1 Å². The molecular weight excluding hydrogens is 366 g/mol. The summed E-state index contributed by atoms with van der Waals surface area (Å²) in [6, 6.07) is 13.4. The summed E-state index contributed by atoms with van der Waals surface area (Å²) in [7, 11) is 1.73. The fourth-order valence-electron chi connectivity index (χ4n) is 2.57. The summed E-state index contributed by atoms with van der Waals surface area (Å²) in [6.07, 6.45) is 0.886. The van der Waals surface area contributed by atoms with Crippen LogP contribution >= 0.6 is 11.6 Å². The lowest BCUT2D eigenvalue weighted by Crippen LogP contribution is -2.33. The monoisotopic (exact) mass is 389 g/mol. The van der Waals surface area contributed by atoms with Crippen molar-refractivity contribution >= 4 is 23.2 Å². The zero-order valence-electron chi connectivity index (χ0n) is 15.3. The third kappa shape index (κ3) is 6.05. The molecule has 27 heavy (non-hydrogen) atoms. The quantitative estimate of drug-likeness (QED) is 0.448. The first-order chi connectivity index (χ1) is 13.2. The minimum atomic E-state index is 0.549. The van der Waals surface area contributed by atoms with Crippen LogP contribution in [0.5, 0.6) is 11.5 Å². The molecule has 2 aromatic rings. The summed E-state index contributed by atoms with van der Waals surface area (Å²) in [5.74, 6) is 2.19. The third-order valence-corrected chi connectivity index (χ3v) is 4.21. The second kappa shape index (κ2) is 10.0. The number of benzene rings is 2. The highest BCUT2D eigenvalue weighted by Gasteiger charge is 2.11. The maximum atomic E-state index is 5.87. The van der Waals surface area contributed by atoms with Crippen molar-refractivity contribution in [2.45, 2.75) is 13.0 Å². The summed E-state index contributed by atoms with van der Waals surface area (Å²) in [5, 5.41) is 7.20. The molecule has 1 aliphatic rings. The van der Waals surface area contributed by atoms with Gasteiger partial charge in [0.15, 0.2) is 17.5 Å². The first-order valence-electron chi connectivity index (χ1n) is 8.94. The maximum absolute atomic E-state index is 5.87. The highest BCUT2D eigenvalue weighted by molar-refractivity contribution is 6.30. The van der Waals surface area contributed by atoms with Crippen molar-refractivity contribution in [1.82, 2.24) is 5.32 Å². The van der Waals surface area contributed by atoms with Gasteiger partial charge in [0, 0.05) is 36.8 Å². The predicted octanol–water partition coefficient (Wildman–Crippen LogP) is 3.71. The summed E-state index contributed by atoms with van der Waals surface area (Å²) in [6.45, 7) is 3.09. The number of anilines is 1. The van der Waals surface area contributed by atoms with E-state index >= 15 is 0 Å². The van der Waals surface area contributed by atoms with Crippen LogP contribution in [0.2, 0.25) is 5.02 Å². The minimum Gasteiger partial charge on any atom is -0.490 e. The molecule has 0 bridgehead atoms. The third-order valence-electron chi connectivity index (χ3n) is 3.95. The number of hydrogen-bond acceptors (Lipinski definition) is 4. The normalized spacial score (nSPS) is 13.8. The second-order valence-electron chi connectivity index (χ2n) is 6.02. The van der Waals surface area contributed by atoms with Gasteiger partial charge in [-0.05, 0) is 29.8 Å². The van der Waals surface area contributed by atoms with Crippen LogP contribution in [-0.2, 0) is 11.3 Å². The Kier molecular flexibility index (Phi) is 7.19. The highest BCUT2D eigenvalue weighted by Crippen LogP contribution is 2.32. The number of nitrogens with zero attached hydrogens (tertiary/aromatic N) is 1. The average Bonchev–Trinajstić information content (AvgIpc) is 2.93. The second-order valence-corrected chi connectivity index (χ2v) is 6.45. The largest absolute Gasteiger partial charge is 0.490 e. The Morgan fingerprint density at radius 1 is 1.11 bits per heavy atom. The van der Waals surface area contributed by atoms with Crippen LogP contribution in [-0.4, -0.2) is 39.4 Å². The molecule has 0 spiro atoms. The molecule has 2 aromatic carbocycles. The first-order valence-corrected chi connectivity index (χ1v) is 9.32. The lowest BCUT2D eigenvalue weighted by molar-refractivity contribution is 0.125. The Bertz CT molecular complexity index is 766. The van der Waals surface area contributed by atoms with Crippen molar-refractivity contribution in [3.8, 4) is 11.5 Å². The lowest BCUT2D eigenvalue weighted by atomic mass is 10.2. The number of ether oxygens (including phenoxy) is 3. The fraction of sp³-hybridized carbons (Fsp3) is 0.350. The molecule has 144 valence electrons. The van der Waals surface area contributed by atoms with Crippen molar-refractivity contribution < 1.29 is 14.2 Å². The van der Waals surface area contributed by atoms with E-state index in [1.54, 1.807) is 7.05 Å². The SMILES string of the molecule is CN=C(NCCOCc1ccc(Cl)cc1)Nc1ccc2c(c1)OCCCO2. The van der Waals surface area contributed by atoms with E-state index in [9.17, 15) is 0 Å². The van der Waals surface area contributed by atoms with Gasteiger partial charge in [0.1, 0.15) is 0 Å². The zero-order valence-corrected chi connectivity index (χ0v) is 16.1. The van der Waals surface area contributed by atoms with Gasteiger partial charge in [0.2, 0.25) is 0 Å². The molecule has 0 fully saturated rings. The van der Waals surface area contributed by atoms with E-state index in [1.165, 1.54) is 0 Å². The molecule has 0 atom stereocenters. The van der Waals surface area contributed by atoms with Crippen LogP contribution < -0.4 is 20.1 Å². The minimum absolute atomic E-state index is 0.549. The number of aliphatic imine (C=N–C) groups is 1. The van der Waals surface area contributed by atoms with E-state index in [4.69, 9.17) is 25.8 Å². The van der Waals surface area contributed by atoms with Gasteiger partial charge in [0.05, 0.1) is 26.4 Å². The molecule has 0 unspecified atom stereocenters. The van der Waals surface area contributed by atoms with Crippen LogP contribution in [0.15, 0.2) is 47.5 Å². The summed E-state index contributed by atoms with van der Waals surface area (Å²) >= 11 is 5.87. The number of guanidine groups is 1. The predicted molar refractivity (Wildman–Crippen MR) is 108 cm³/mol. The molecule has 0 radical (unpaired) electrons. The number of fused-ring (bicyclic) bond motifs is 1. The van der Waals surface area contributed by atoms with Gasteiger partial charge >= 0.3 is 0 Å². The van der Waals surface area contributed by atoms with Crippen molar-refractivity contribution in [2.75, 3.05) is 38.7 Å². The smallest absolute Gasteiger partial charge is 0.195 e. The number of rotatable bonds is 6. The van der Waals surface area contributed by atoms with Crippen LogP contribution in [0.4, 0.5) is 5.69 Å². The van der Waals surface area contributed by atoms with Crippen molar-refractivity contribution in [1.29, 1.82) is 0 Å². The van der Waals surface area contributed by atoms with Crippen molar-refractivity contribution in [3.63, 3.8) is 0 Å². The van der Waals surface area contributed by atoms with E-state index in [0.717, 1.165) is 34.2 Å². The Balaban J connectivity index is 1.43. The van der Waals surface area contributed by atoms with E-state index in [-0.39, 0.29) is 0 Å². The molecule has 2 N–H and O–H groups in total. The van der Waals surface area contributed by atoms with E-state index in [1.807, 2.05) is 42.5 Å². The number of nitrogens with one attached hydrogen (secondary N) is 2. The Morgan fingerprint density at radius 3 is 2.67 bits per heavy atom. The van der Waals surface area contributed by atoms with Crippen LogP contribution in [0.25, 0.3) is 0 Å². The average molecular weight is 390 g/mol. The van der Waals surface area contributed by atoms with Crippen LogP contribution in [0, 0.1) is 0 Å². The van der Waals surface area contributed by atoms with Gasteiger partial charge in [-0.1, -0.05) is 23.7 Å². The molecule has 6 nitrogen and oxygen atoms in total. The van der Waals surface area contributed by atoms with Gasteiger partial charge in [-0.3, -0.25) is 4.99 Å². The van der Waals surface area contributed by atoms with E-state index in [0.29, 0.717) is 38.9 Å².